The summed E-state index contributed by atoms with van der Waals surface area (Å²) in [6.07, 6.45) is 1.64. The number of nitrogens with zero attached hydrogens (tertiary/aromatic N) is 2. The lowest BCUT2D eigenvalue weighted by Gasteiger charge is -2.11. The lowest BCUT2D eigenvalue weighted by molar-refractivity contribution is 0.102. The van der Waals surface area contributed by atoms with Crippen molar-refractivity contribution in [2.24, 2.45) is 0 Å². The number of halogens is 1. The molecule has 0 atom stereocenters. The van der Waals surface area contributed by atoms with Crippen LogP contribution < -0.4 is 10.9 Å². The summed E-state index contributed by atoms with van der Waals surface area (Å²) in [5.74, 6) is -0.355. The summed E-state index contributed by atoms with van der Waals surface area (Å²) in [6, 6.07) is 10.7. The molecule has 116 valence electrons. The Morgan fingerprint density at radius 1 is 1.17 bits per heavy atom. The number of hydrogen-bond donors (Lipinski definition) is 1. The molecule has 1 amide bonds. The van der Waals surface area contributed by atoms with Gasteiger partial charge in [-0.2, -0.15) is 0 Å². The van der Waals surface area contributed by atoms with Gasteiger partial charge in [-0.1, -0.05) is 18.2 Å². The number of carbonyl (C=O) groups excluding carboxylic acids is 1. The molecule has 3 rings (SSSR count). The van der Waals surface area contributed by atoms with Crippen LogP contribution in [0, 0.1) is 13.8 Å². The monoisotopic (exact) mass is 371 g/mol. The van der Waals surface area contributed by atoms with Crippen molar-refractivity contribution in [3.8, 4) is 0 Å². The van der Waals surface area contributed by atoms with Gasteiger partial charge < -0.3 is 5.32 Å². The molecule has 0 radical (unpaired) electrons. The number of pyridine rings is 1. The van der Waals surface area contributed by atoms with E-state index in [-0.39, 0.29) is 17.2 Å². The minimum atomic E-state index is -0.355. The van der Waals surface area contributed by atoms with Gasteiger partial charge in [0.1, 0.15) is 11.3 Å². The summed E-state index contributed by atoms with van der Waals surface area (Å²) in [4.78, 5) is 29.5. The van der Waals surface area contributed by atoms with Gasteiger partial charge >= 0.3 is 0 Å². The van der Waals surface area contributed by atoms with E-state index in [4.69, 9.17) is 0 Å². The molecule has 5 nitrogen and oxygen atoms in total. The number of rotatable bonds is 2. The topological polar surface area (TPSA) is 63.5 Å². The first-order chi connectivity index (χ1) is 11.0. The van der Waals surface area contributed by atoms with Crippen molar-refractivity contribution in [1.29, 1.82) is 0 Å². The second kappa shape index (κ2) is 5.96. The molecule has 0 aliphatic rings. The molecule has 0 aliphatic carbocycles. The first kappa shape index (κ1) is 15.4. The van der Waals surface area contributed by atoms with Crippen molar-refractivity contribution >= 4 is 33.2 Å². The minimum Gasteiger partial charge on any atom is -0.316 e. The normalized spacial score (nSPS) is 10.7. The molecule has 0 spiro atoms. The molecule has 0 saturated carbocycles. The van der Waals surface area contributed by atoms with Crippen molar-refractivity contribution < 1.29 is 4.79 Å². The molecule has 23 heavy (non-hydrogen) atoms. The Labute approximate surface area is 141 Å². The van der Waals surface area contributed by atoms with Crippen LogP contribution in [-0.2, 0) is 0 Å². The van der Waals surface area contributed by atoms with Crippen LogP contribution in [0.1, 0.15) is 21.6 Å². The maximum atomic E-state index is 12.6. The second-order valence-electron chi connectivity index (χ2n) is 5.20. The Kier molecular flexibility index (Phi) is 4.00. The fraction of sp³-hybridized carbons (Fsp3) is 0.118. The number of hydrogen-bond acceptors (Lipinski definition) is 3. The van der Waals surface area contributed by atoms with Crippen LogP contribution in [0.5, 0.6) is 0 Å². The number of benzene rings is 1. The average molecular weight is 372 g/mol. The third kappa shape index (κ3) is 2.77. The molecule has 0 unspecified atom stereocenters. The zero-order valence-corrected chi connectivity index (χ0v) is 14.2. The van der Waals surface area contributed by atoms with Gasteiger partial charge in [0.2, 0.25) is 0 Å². The van der Waals surface area contributed by atoms with Gasteiger partial charge in [-0.05, 0) is 53.5 Å². The first-order valence-electron chi connectivity index (χ1n) is 7.03. The zero-order chi connectivity index (χ0) is 16.6. The van der Waals surface area contributed by atoms with E-state index in [0.29, 0.717) is 21.4 Å². The maximum absolute atomic E-state index is 12.6. The van der Waals surface area contributed by atoms with Gasteiger partial charge in [-0.25, -0.2) is 4.98 Å². The standard InChI is InChI=1S/C17H14BrN3O2/c1-10-6-5-9-21-15(10)19-11(2)14(17(21)23)20-16(22)12-7-3-4-8-13(12)18/h3-9H,1-2H3,(H,20,22). The third-order valence-corrected chi connectivity index (χ3v) is 4.28. The van der Waals surface area contributed by atoms with Gasteiger partial charge in [-0.15, -0.1) is 0 Å². The Morgan fingerprint density at radius 2 is 1.91 bits per heavy atom. The SMILES string of the molecule is Cc1nc2c(C)cccn2c(=O)c1NC(=O)c1ccccc1Br. The molecule has 0 fully saturated rings. The van der Waals surface area contributed by atoms with E-state index in [1.165, 1.54) is 4.40 Å². The van der Waals surface area contributed by atoms with Gasteiger partial charge in [0.25, 0.3) is 11.5 Å². The lowest BCUT2D eigenvalue weighted by Crippen LogP contribution is -2.25. The number of aromatic nitrogens is 2. The number of carbonyl (C=O) groups is 1. The summed E-state index contributed by atoms with van der Waals surface area (Å²) in [6.45, 7) is 3.60. The predicted octanol–water partition coefficient (Wildman–Crippen LogP) is 3.33. The largest absolute Gasteiger partial charge is 0.316 e. The summed E-state index contributed by atoms with van der Waals surface area (Å²) < 4.78 is 2.11. The van der Waals surface area contributed by atoms with Crippen LogP contribution in [-0.4, -0.2) is 15.3 Å². The number of amides is 1. The molecule has 2 heterocycles. The number of fused-ring (bicyclic) bond motifs is 1. The molecule has 1 N–H and O–H groups in total. The number of nitrogens with one attached hydrogen (secondary N) is 1. The highest BCUT2D eigenvalue weighted by atomic mass is 79.9. The Balaban J connectivity index is 2.09. The molecular formula is C17H14BrN3O2. The molecule has 0 bridgehead atoms. The second-order valence-corrected chi connectivity index (χ2v) is 6.05. The van der Waals surface area contributed by atoms with E-state index >= 15 is 0 Å². The molecule has 0 aliphatic heterocycles. The molecule has 6 heteroatoms. The van der Waals surface area contributed by atoms with Crippen molar-refractivity contribution in [2.75, 3.05) is 5.32 Å². The molecule has 3 aromatic rings. The minimum absolute atomic E-state index is 0.189. The average Bonchev–Trinajstić information content (AvgIpc) is 2.53. The van der Waals surface area contributed by atoms with Gasteiger partial charge in [0.05, 0.1) is 11.3 Å². The first-order valence-corrected chi connectivity index (χ1v) is 7.83. The van der Waals surface area contributed by atoms with Gasteiger partial charge in [-0.3, -0.25) is 14.0 Å². The van der Waals surface area contributed by atoms with Gasteiger partial charge in [0.15, 0.2) is 0 Å². The van der Waals surface area contributed by atoms with Crippen molar-refractivity contribution in [2.45, 2.75) is 13.8 Å². The van der Waals surface area contributed by atoms with Crippen molar-refractivity contribution in [3.63, 3.8) is 0 Å². The Morgan fingerprint density at radius 3 is 2.65 bits per heavy atom. The van der Waals surface area contributed by atoms with Crippen LogP contribution in [0.25, 0.3) is 5.65 Å². The summed E-state index contributed by atoms with van der Waals surface area (Å²) in [7, 11) is 0. The fourth-order valence-electron chi connectivity index (χ4n) is 2.37. The third-order valence-electron chi connectivity index (χ3n) is 3.59. The molecule has 2 aromatic heterocycles. The summed E-state index contributed by atoms with van der Waals surface area (Å²) >= 11 is 3.34. The Hall–Kier alpha value is -2.47. The van der Waals surface area contributed by atoms with Crippen molar-refractivity contribution in [1.82, 2.24) is 9.38 Å². The van der Waals surface area contributed by atoms with Crippen LogP contribution in [0.2, 0.25) is 0 Å². The highest BCUT2D eigenvalue weighted by Gasteiger charge is 2.16. The maximum Gasteiger partial charge on any atom is 0.281 e. The van der Waals surface area contributed by atoms with E-state index in [0.717, 1.165) is 5.56 Å². The summed E-state index contributed by atoms with van der Waals surface area (Å²) in [5.41, 5.74) is 2.33. The quantitative estimate of drug-likeness (QED) is 0.751. The van der Waals surface area contributed by atoms with E-state index in [2.05, 4.69) is 26.2 Å². The van der Waals surface area contributed by atoms with Crippen LogP contribution in [0.3, 0.4) is 0 Å². The van der Waals surface area contributed by atoms with E-state index in [1.807, 2.05) is 19.1 Å². The van der Waals surface area contributed by atoms with E-state index in [1.54, 1.807) is 37.4 Å². The smallest absolute Gasteiger partial charge is 0.281 e. The molecule has 1 aromatic carbocycles. The van der Waals surface area contributed by atoms with Crippen molar-refractivity contribution in [3.05, 3.63) is 74.2 Å². The summed E-state index contributed by atoms with van der Waals surface area (Å²) in [5, 5.41) is 2.68. The highest BCUT2D eigenvalue weighted by molar-refractivity contribution is 9.10. The highest BCUT2D eigenvalue weighted by Crippen LogP contribution is 2.18. The molecule has 0 saturated heterocycles. The van der Waals surface area contributed by atoms with Gasteiger partial charge in [0, 0.05) is 10.7 Å². The van der Waals surface area contributed by atoms with E-state index < -0.39 is 0 Å². The lowest BCUT2D eigenvalue weighted by atomic mass is 10.2. The van der Waals surface area contributed by atoms with E-state index in [9.17, 15) is 9.59 Å². The fourth-order valence-corrected chi connectivity index (χ4v) is 2.84. The Bertz CT molecular complexity index is 979. The number of anilines is 1. The zero-order valence-electron chi connectivity index (χ0n) is 12.6. The number of aryl methyl sites for hydroxylation is 2. The van der Waals surface area contributed by atoms with Crippen LogP contribution >= 0.6 is 15.9 Å². The predicted molar refractivity (Wildman–Crippen MR) is 93.0 cm³/mol. The molecular weight excluding hydrogens is 358 g/mol. The van der Waals surface area contributed by atoms with Crippen LogP contribution in [0.4, 0.5) is 5.69 Å². The van der Waals surface area contributed by atoms with Crippen LogP contribution in [0.15, 0.2) is 51.9 Å².